The van der Waals surface area contributed by atoms with E-state index in [1.807, 2.05) is 36.4 Å². The van der Waals surface area contributed by atoms with Crippen molar-refractivity contribution in [2.24, 2.45) is 0 Å². The topological polar surface area (TPSA) is 55.8 Å². The van der Waals surface area contributed by atoms with Crippen LogP contribution in [-0.4, -0.2) is 61.3 Å². The Morgan fingerprint density at radius 1 is 0.939 bits per heavy atom. The summed E-state index contributed by atoms with van der Waals surface area (Å²) < 4.78 is 0.607. The standard InChI is InChI=1S/C27H30N4O2/c1-21(19-29-14-16-30(17-15-29)22-8-7-11-24(32)18-22)31(23-9-3-2-4-10-23)20-28-27(33)25-12-5-6-13-26(25)31/h2-13,18,21H,14-17,19-20H2,1H3,(H-,28,32,33)/p+1. The van der Waals surface area contributed by atoms with Gasteiger partial charge in [0.2, 0.25) is 0 Å². The number of nitrogens with zero attached hydrogens (tertiary/aromatic N) is 3. The molecular formula is C27H31N4O2+. The highest BCUT2D eigenvalue weighted by molar-refractivity contribution is 6.01. The van der Waals surface area contributed by atoms with E-state index >= 15 is 0 Å². The molecule has 2 aliphatic rings. The summed E-state index contributed by atoms with van der Waals surface area (Å²) in [5, 5.41) is 13.0. The summed E-state index contributed by atoms with van der Waals surface area (Å²) in [7, 11) is 0. The van der Waals surface area contributed by atoms with E-state index in [1.54, 1.807) is 6.07 Å². The lowest BCUT2D eigenvalue weighted by Gasteiger charge is -2.47. The Bertz CT molecular complexity index is 1130. The molecule has 0 radical (unpaired) electrons. The average molecular weight is 444 g/mol. The number of carbonyl (C=O) groups excluding carboxylic acids is 1. The minimum Gasteiger partial charge on any atom is -0.508 e. The van der Waals surface area contributed by atoms with Gasteiger partial charge in [0.05, 0.1) is 6.54 Å². The zero-order chi connectivity index (χ0) is 22.8. The number of phenols is 1. The number of piperazine rings is 1. The van der Waals surface area contributed by atoms with Crippen molar-refractivity contribution in [2.75, 3.05) is 44.3 Å². The van der Waals surface area contributed by atoms with Crippen molar-refractivity contribution in [1.82, 2.24) is 14.7 Å². The summed E-state index contributed by atoms with van der Waals surface area (Å²) in [4.78, 5) is 17.5. The SMILES string of the molecule is CC(CN1CCN(c2cccc(O)c2)CC1)[N+]1(c2ccccc2)CNC(=O)c2ccccc21. The maximum absolute atomic E-state index is 12.7. The van der Waals surface area contributed by atoms with Gasteiger partial charge < -0.3 is 15.3 Å². The first-order valence-electron chi connectivity index (χ1n) is 11.7. The maximum atomic E-state index is 12.7. The third kappa shape index (κ3) is 3.96. The zero-order valence-corrected chi connectivity index (χ0v) is 19.0. The number of quaternary nitrogens is 1. The highest BCUT2D eigenvalue weighted by Crippen LogP contribution is 2.41. The van der Waals surface area contributed by atoms with Gasteiger partial charge in [-0.3, -0.25) is 9.69 Å². The Morgan fingerprint density at radius 3 is 2.42 bits per heavy atom. The van der Waals surface area contributed by atoms with Gasteiger partial charge >= 0.3 is 0 Å². The molecule has 33 heavy (non-hydrogen) atoms. The minimum atomic E-state index is 0.00205. The summed E-state index contributed by atoms with van der Waals surface area (Å²) >= 11 is 0. The van der Waals surface area contributed by atoms with Crippen LogP contribution in [-0.2, 0) is 0 Å². The highest BCUT2D eigenvalue weighted by atomic mass is 16.3. The number of hydrogen-bond acceptors (Lipinski definition) is 4. The first-order valence-corrected chi connectivity index (χ1v) is 11.7. The molecule has 5 rings (SSSR count). The second-order valence-electron chi connectivity index (χ2n) is 9.04. The number of hydrogen-bond donors (Lipinski definition) is 2. The number of rotatable bonds is 5. The number of para-hydroxylation sites is 2. The summed E-state index contributed by atoms with van der Waals surface area (Å²) in [6.45, 7) is 7.54. The molecule has 0 saturated carbocycles. The van der Waals surface area contributed by atoms with Crippen molar-refractivity contribution in [3.8, 4) is 5.75 Å². The molecule has 6 heteroatoms. The lowest BCUT2D eigenvalue weighted by molar-refractivity contribution is 0.0893. The van der Waals surface area contributed by atoms with Gasteiger partial charge in [0.15, 0.2) is 12.4 Å². The predicted molar refractivity (Wildman–Crippen MR) is 133 cm³/mol. The number of phenolic OH excluding ortho intramolecular Hbond substituents is 1. The van der Waals surface area contributed by atoms with Gasteiger partial charge in [0.25, 0.3) is 5.91 Å². The van der Waals surface area contributed by atoms with Crippen LogP contribution >= 0.6 is 0 Å². The molecule has 0 aliphatic carbocycles. The van der Waals surface area contributed by atoms with Crippen molar-refractivity contribution in [1.29, 1.82) is 0 Å². The van der Waals surface area contributed by atoms with E-state index in [-0.39, 0.29) is 11.9 Å². The molecule has 2 unspecified atom stereocenters. The van der Waals surface area contributed by atoms with E-state index in [9.17, 15) is 9.90 Å². The van der Waals surface area contributed by atoms with E-state index in [4.69, 9.17) is 0 Å². The van der Waals surface area contributed by atoms with E-state index in [2.05, 4.69) is 58.4 Å². The fourth-order valence-electron chi connectivity index (χ4n) is 5.35. The lowest BCUT2D eigenvalue weighted by atomic mass is 10.0. The molecule has 6 nitrogen and oxygen atoms in total. The van der Waals surface area contributed by atoms with Crippen molar-refractivity contribution in [3.05, 3.63) is 84.4 Å². The largest absolute Gasteiger partial charge is 0.508 e. The second-order valence-corrected chi connectivity index (χ2v) is 9.04. The van der Waals surface area contributed by atoms with Gasteiger partial charge in [-0.25, -0.2) is 4.48 Å². The third-order valence-electron chi connectivity index (χ3n) is 7.13. The van der Waals surface area contributed by atoms with Crippen LogP contribution in [0, 0.1) is 0 Å². The Kier molecular flexibility index (Phi) is 5.79. The number of fused-ring (bicyclic) bond motifs is 1. The van der Waals surface area contributed by atoms with Gasteiger partial charge in [0, 0.05) is 44.0 Å². The summed E-state index contributed by atoms with van der Waals surface area (Å²) in [5.74, 6) is 0.311. The Balaban J connectivity index is 1.39. The first kappa shape index (κ1) is 21.5. The van der Waals surface area contributed by atoms with Crippen LogP contribution in [0.15, 0.2) is 78.9 Å². The van der Waals surface area contributed by atoms with Gasteiger partial charge in [0.1, 0.15) is 23.0 Å². The third-order valence-corrected chi connectivity index (χ3v) is 7.13. The maximum Gasteiger partial charge on any atom is 0.261 e. The van der Waals surface area contributed by atoms with Gasteiger partial charge in [-0.2, -0.15) is 0 Å². The molecule has 170 valence electrons. The Labute approximate surface area is 195 Å². The molecule has 1 saturated heterocycles. The van der Waals surface area contributed by atoms with Crippen molar-refractivity contribution in [2.45, 2.75) is 13.0 Å². The second kappa shape index (κ2) is 8.89. The van der Waals surface area contributed by atoms with Crippen molar-refractivity contribution >= 4 is 23.0 Å². The number of aromatic hydroxyl groups is 1. The molecule has 3 aromatic rings. The van der Waals surface area contributed by atoms with Crippen LogP contribution < -0.4 is 14.7 Å². The zero-order valence-electron chi connectivity index (χ0n) is 19.0. The fraction of sp³-hybridized carbons (Fsp3) is 0.296. The predicted octanol–water partition coefficient (Wildman–Crippen LogP) is 3.94. The first-order chi connectivity index (χ1) is 16.1. The van der Waals surface area contributed by atoms with Crippen molar-refractivity contribution < 1.29 is 9.90 Å². The minimum absolute atomic E-state index is 0.00205. The number of nitrogens with one attached hydrogen (secondary N) is 1. The quantitative estimate of drug-likeness (QED) is 0.587. The van der Waals surface area contributed by atoms with Crippen LogP contribution in [0.4, 0.5) is 17.1 Å². The summed E-state index contributed by atoms with van der Waals surface area (Å²) in [6, 6.07) is 26.3. The Hall–Kier alpha value is -3.35. The van der Waals surface area contributed by atoms with Crippen LogP contribution in [0.2, 0.25) is 0 Å². The van der Waals surface area contributed by atoms with E-state index in [1.165, 1.54) is 5.69 Å². The molecule has 1 fully saturated rings. The van der Waals surface area contributed by atoms with E-state index < -0.39 is 0 Å². The summed E-state index contributed by atoms with van der Waals surface area (Å²) in [6.07, 6.45) is 0. The monoisotopic (exact) mass is 443 g/mol. The summed E-state index contributed by atoms with van der Waals surface area (Å²) in [5.41, 5.74) is 4.09. The molecule has 2 N–H and O–H groups in total. The number of amides is 1. The number of benzene rings is 3. The van der Waals surface area contributed by atoms with Crippen LogP contribution in [0.1, 0.15) is 17.3 Å². The molecule has 2 heterocycles. The van der Waals surface area contributed by atoms with Crippen molar-refractivity contribution in [3.63, 3.8) is 0 Å². The average Bonchev–Trinajstić information content (AvgIpc) is 2.86. The molecule has 0 bridgehead atoms. The molecular weight excluding hydrogens is 412 g/mol. The van der Waals surface area contributed by atoms with Crippen LogP contribution in [0.3, 0.4) is 0 Å². The highest BCUT2D eigenvalue weighted by Gasteiger charge is 2.45. The van der Waals surface area contributed by atoms with Gasteiger partial charge in [-0.1, -0.05) is 36.4 Å². The van der Waals surface area contributed by atoms with E-state index in [0.29, 0.717) is 16.9 Å². The number of carbonyl (C=O) groups is 1. The molecule has 2 aliphatic heterocycles. The van der Waals surface area contributed by atoms with Gasteiger partial charge in [-0.15, -0.1) is 0 Å². The van der Waals surface area contributed by atoms with Gasteiger partial charge in [-0.05, 0) is 37.3 Å². The number of anilines is 1. The van der Waals surface area contributed by atoms with Crippen LogP contribution in [0.5, 0.6) is 5.75 Å². The molecule has 0 aromatic heterocycles. The molecule has 1 amide bonds. The normalized spacial score (nSPS) is 21.8. The molecule has 0 spiro atoms. The molecule has 3 aromatic carbocycles. The van der Waals surface area contributed by atoms with E-state index in [0.717, 1.165) is 49.7 Å². The Morgan fingerprint density at radius 2 is 1.67 bits per heavy atom. The smallest absolute Gasteiger partial charge is 0.261 e. The fourth-order valence-corrected chi connectivity index (χ4v) is 5.35. The van der Waals surface area contributed by atoms with Crippen LogP contribution in [0.25, 0.3) is 0 Å². The molecule has 2 atom stereocenters. The lowest BCUT2D eigenvalue weighted by Crippen LogP contribution is -2.63.